The zero-order valence-electron chi connectivity index (χ0n) is 30.1. The van der Waals surface area contributed by atoms with E-state index in [4.69, 9.17) is 19.0 Å². The molecular formula is C37H55N5O7. The van der Waals surface area contributed by atoms with Gasteiger partial charge in [0.15, 0.2) is 18.1 Å². The summed E-state index contributed by atoms with van der Waals surface area (Å²) in [5.74, 6) is 1.71. The van der Waals surface area contributed by atoms with E-state index in [2.05, 4.69) is 43.4 Å². The first-order valence-corrected chi connectivity index (χ1v) is 17.5. The average molecular weight is 682 g/mol. The number of amides is 1. The molecule has 0 aromatic heterocycles. The lowest BCUT2D eigenvalue weighted by atomic mass is 9.74. The average Bonchev–Trinajstić information content (AvgIpc) is 3.11. The van der Waals surface area contributed by atoms with Gasteiger partial charge in [-0.2, -0.15) is 5.26 Å². The highest BCUT2D eigenvalue weighted by Crippen LogP contribution is 2.39. The first-order valence-electron chi connectivity index (χ1n) is 17.5. The Morgan fingerprint density at radius 2 is 1.80 bits per heavy atom. The minimum Gasteiger partial charge on any atom is -0.493 e. The third-order valence-electron chi connectivity index (χ3n) is 9.83. The van der Waals surface area contributed by atoms with Gasteiger partial charge in [-0.1, -0.05) is 50.8 Å². The van der Waals surface area contributed by atoms with Crippen molar-refractivity contribution in [1.29, 1.82) is 5.26 Å². The van der Waals surface area contributed by atoms with E-state index in [0.29, 0.717) is 43.2 Å². The molecule has 0 radical (unpaired) electrons. The number of benzene rings is 2. The molecule has 2 aromatic carbocycles. The van der Waals surface area contributed by atoms with Gasteiger partial charge in [-0.05, 0) is 101 Å². The van der Waals surface area contributed by atoms with Crippen LogP contribution in [0.2, 0.25) is 0 Å². The first-order chi connectivity index (χ1) is 23.5. The maximum atomic E-state index is 12.6. The van der Waals surface area contributed by atoms with E-state index in [1.54, 1.807) is 21.1 Å². The summed E-state index contributed by atoms with van der Waals surface area (Å²) in [4.78, 5) is 30.2. The maximum absolute atomic E-state index is 12.6. The second-order valence-corrected chi connectivity index (χ2v) is 13.1. The zero-order valence-corrected chi connectivity index (χ0v) is 30.1. The molecule has 0 bridgehead atoms. The molecule has 0 spiro atoms. The second-order valence-electron chi connectivity index (χ2n) is 13.1. The molecule has 12 nitrogen and oxygen atoms in total. The third kappa shape index (κ3) is 11.8. The van der Waals surface area contributed by atoms with E-state index in [1.165, 1.54) is 0 Å². The molecule has 270 valence electrons. The number of ether oxygens (including phenoxy) is 3. The van der Waals surface area contributed by atoms with Crippen LogP contribution in [0.25, 0.3) is 0 Å². The summed E-state index contributed by atoms with van der Waals surface area (Å²) >= 11 is 0. The minimum atomic E-state index is -0.747. The molecule has 1 heterocycles. The molecule has 2 aromatic rings. The fourth-order valence-corrected chi connectivity index (χ4v) is 6.58. The van der Waals surface area contributed by atoms with E-state index >= 15 is 0 Å². The van der Waals surface area contributed by atoms with Crippen molar-refractivity contribution < 1.29 is 28.9 Å². The number of hydrogen-bond acceptors (Lipinski definition) is 10. The lowest BCUT2D eigenvalue weighted by Crippen LogP contribution is -2.49. The highest BCUT2D eigenvalue weighted by molar-refractivity contribution is 5.77. The second kappa shape index (κ2) is 19.8. The number of hydrazine groups is 1. The predicted molar refractivity (Wildman–Crippen MR) is 188 cm³/mol. The van der Waals surface area contributed by atoms with E-state index in [9.17, 15) is 20.2 Å². The molecule has 1 amide bonds. The van der Waals surface area contributed by atoms with Crippen LogP contribution in [-0.4, -0.2) is 74.5 Å². The van der Waals surface area contributed by atoms with Gasteiger partial charge in [-0.15, -0.1) is 10.1 Å². The van der Waals surface area contributed by atoms with Gasteiger partial charge < -0.3 is 19.0 Å². The zero-order chi connectivity index (χ0) is 35.8. The molecular weight excluding hydrogens is 626 g/mol. The van der Waals surface area contributed by atoms with Gasteiger partial charge in [0.1, 0.15) is 11.9 Å². The van der Waals surface area contributed by atoms with Crippen molar-refractivity contribution in [1.82, 2.24) is 15.3 Å². The lowest BCUT2D eigenvalue weighted by Gasteiger charge is -2.33. The SMILES string of the molecule is CCCCCCC(C#N)(CCCN(C)C(C)c1cccc(OCC(=O)NN2CCC(C(C)O[N+](=O)[O-])CC2)c1)c1ccc(OC)c(OC)c1. The normalized spacial score (nSPS) is 16.2. The Labute approximate surface area is 291 Å². The number of nitriles is 1. The number of nitrogens with zero attached hydrogens (tertiary/aromatic N) is 4. The number of carbonyl (C=O) groups excluding carboxylic acids is 1. The maximum Gasteiger partial charge on any atom is 0.294 e. The number of rotatable bonds is 21. The molecule has 3 unspecified atom stereocenters. The number of unbranched alkanes of at least 4 members (excludes halogenated alkanes) is 3. The standard InChI is InChI=1S/C37H55N5O7/c1-7-8-9-10-19-37(27-38,32-15-16-34(46-5)35(25-32)47-6)20-12-21-40(4)28(2)31-13-11-14-33(24-31)48-26-36(43)39-41-22-17-30(18-23-41)29(3)49-42(44)45/h11,13-16,24-25,28-30H,7-10,12,17-23,26H2,1-6H3,(H,39,43). The Kier molecular flexibility index (Phi) is 15.9. The summed E-state index contributed by atoms with van der Waals surface area (Å²) in [6.07, 6.45) is 7.66. The van der Waals surface area contributed by atoms with Crippen LogP contribution in [0.15, 0.2) is 42.5 Å². The minimum absolute atomic E-state index is 0.0692. The molecule has 3 atom stereocenters. The summed E-state index contributed by atoms with van der Waals surface area (Å²) in [5, 5.41) is 22.3. The smallest absolute Gasteiger partial charge is 0.294 e. The Balaban J connectivity index is 1.54. The van der Waals surface area contributed by atoms with Crippen molar-refractivity contribution in [2.75, 3.05) is 47.5 Å². The van der Waals surface area contributed by atoms with Crippen molar-refractivity contribution in [3.8, 4) is 23.3 Å². The van der Waals surface area contributed by atoms with Gasteiger partial charge in [0.25, 0.3) is 11.0 Å². The Bertz CT molecular complexity index is 1380. The summed E-state index contributed by atoms with van der Waals surface area (Å²) in [5.41, 5.74) is 4.30. The van der Waals surface area contributed by atoms with Crippen LogP contribution in [0.3, 0.4) is 0 Å². The number of hydrogen-bond donors (Lipinski definition) is 1. The number of nitrogens with one attached hydrogen (secondary N) is 1. The summed E-state index contributed by atoms with van der Waals surface area (Å²) in [6, 6.07) is 16.4. The molecule has 12 heteroatoms. The highest BCUT2D eigenvalue weighted by Gasteiger charge is 2.33. The third-order valence-corrected chi connectivity index (χ3v) is 9.83. The molecule has 0 saturated carbocycles. The first kappa shape index (κ1) is 39.4. The van der Waals surface area contributed by atoms with Gasteiger partial charge in [-0.25, -0.2) is 5.01 Å². The van der Waals surface area contributed by atoms with Crippen LogP contribution >= 0.6 is 0 Å². The number of carbonyl (C=O) groups is 1. The van der Waals surface area contributed by atoms with Gasteiger partial charge in [-0.3, -0.25) is 15.1 Å². The predicted octanol–water partition coefficient (Wildman–Crippen LogP) is 6.63. The van der Waals surface area contributed by atoms with Crippen LogP contribution in [0.4, 0.5) is 0 Å². The van der Waals surface area contributed by atoms with Crippen molar-refractivity contribution in [3.05, 3.63) is 63.7 Å². The lowest BCUT2D eigenvalue weighted by molar-refractivity contribution is -0.769. The van der Waals surface area contributed by atoms with Crippen LogP contribution < -0.4 is 19.6 Å². The molecule has 49 heavy (non-hydrogen) atoms. The quantitative estimate of drug-likeness (QED) is 0.0868. The summed E-state index contributed by atoms with van der Waals surface area (Å²) in [7, 11) is 5.33. The van der Waals surface area contributed by atoms with E-state index < -0.39 is 16.6 Å². The van der Waals surface area contributed by atoms with Crippen molar-refractivity contribution >= 4 is 5.91 Å². The molecule has 1 saturated heterocycles. The molecule has 1 fully saturated rings. The van der Waals surface area contributed by atoms with E-state index in [-0.39, 0.29) is 24.5 Å². The van der Waals surface area contributed by atoms with Crippen molar-refractivity contribution in [2.45, 2.75) is 96.1 Å². The van der Waals surface area contributed by atoms with Crippen LogP contribution in [0.1, 0.15) is 95.7 Å². The fourth-order valence-electron chi connectivity index (χ4n) is 6.58. The topological polar surface area (TPSA) is 139 Å². The van der Waals surface area contributed by atoms with Crippen LogP contribution in [-0.2, 0) is 15.0 Å². The van der Waals surface area contributed by atoms with Gasteiger partial charge in [0.05, 0.1) is 25.7 Å². The van der Waals surface area contributed by atoms with Crippen molar-refractivity contribution in [3.63, 3.8) is 0 Å². The van der Waals surface area contributed by atoms with Gasteiger partial charge in [0.2, 0.25) is 0 Å². The summed E-state index contributed by atoms with van der Waals surface area (Å²) in [6.45, 7) is 7.89. The largest absolute Gasteiger partial charge is 0.493 e. The fraction of sp³-hybridized carbons (Fsp3) is 0.622. The molecule has 1 N–H and O–H groups in total. The van der Waals surface area contributed by atoms with Crippen LogP contribution in [0, 0.1) is 27.4 Å². The van der Waals surface area contributed by atoms with Crippen LogP contribution in [0.5, 0.6) is 17.2 Å². The van der Waals surface area contributed by atoms with E-state index in [1.807, 2.05) is 41.4 Å². The van der Waals surface area contributed by atoms with Gasteiger partial charge in [0, 0.05) is 19.1 Å². The molecule has 0 aliphatic carbocycles. The molecule has 1 aliphatic rings. The van der Waals surface area contributed by atoms with Gasteiger partial charge >= 0.3 is 0 Å². The Morgan fingerprint density at radius 3 is 2.45 bits per heavy atom. The molecule has 3 rings (SSSR count). The Hall–Kier alpha value is -4.08. The number of piperidine rings is 1. The van der Waals surface area contributed by atoms with Crippen molar-refractivity contribution in [2.24, 2.45) is 5.92 Å². The number of methoxy groups -OCH3 is 2. The molecule has 1 aliphatic heterocycles. The summed E-state index contributed by atoms with van der Waals surface area (Å²) < 4.78 is 16.9. The monoisotopic (exact) mass is 681 g/mol. The van der Waals surface area contributed by atoms with E-state index in [0.717, 1.165) is 62.6 Å². The Morgan fingerprint density at radius 1 is 1.08 bits per heavy atom. The highest BCUT2D eigenvalue weighted by atomic mass is 17.0.